The molecule has 1 N–H and O–H groups in total. The van der Waals surface area contributed by atoms with E-state index in [1.165, 1.54) is 12.1 Å². The van der Waals surface area contributed by atoms with E-state index < -0.39 is 0 Å². The molecule has 0 bridgehead atoms. The van der Waals surface area contributed by atoms with Gasteiger partial charge in [0.1, 0.15) is 11.5 Å². The summed E-state index contributed by atoms with van der Waals surface area (Å²) in [6.07, 6.45) is 4.70. The molecule has 3 heterocycles. The number of fused-ring (bicyclic) bond motifs is 1. The highest BCUT2D eigenvalue weighted by atomic mass is 19.1. The van der Waals surface area contributed by atoms with Gasteiger partial charge in [-0.05, 0) is 69.5 Å². The van der Waals surface area contributed by atoms with E-state index in [2.05, 4.69) is 29.3 Å². The maximum absolute atomic E-state index is 13.4. The summed E-state index contributed by atoms with van der Waals surface area (Å²) in [5.41, 5.74) is 4.01. The lowest BCUT2D eigenvalue weighted by molar-refractivity contribution is 0.405. The van der Waals surface area contributed by atoms with Crippen molar-refractivity contribution in [3.05, 3.63) is 66.7 Å². The van der Waals surface area contributed by atoms with Crippen molar-refractivity contribution >= 4 is 11.6 Å². The number of anilines is 1. The smallest absolute Gasteiger partial charge is 0.223 e. The number of nitrogens with zero attached hydrogens (tertiary/aromatic N) is 5. The standard InChI is InChI=1S/C22H23FN6/c1-28(2)14-5-12-24-22-25-13-11-18(26-22)21-20(16-7-9-17(23)10-8-16)27-19-6-3-4-15-29(19)21/h3-4,6-11,13,15H,5,12,14H2,1-2H3,(H,24,25,26). The summed E-state index contributed by atoms with van der Waals surface area (Å²) in [6, 6.07) is 14.1. The van der Waals surface area contributed by atoms with Gasteiger partial charge in [0, 0.05) is 24.5 Å². The lowest BCUT2D eigenvalue weighted by atomic mass is 10.1. The molecule has 0 aliphatic heterocycles. The zero-order chi connectivity index (χ0) is 20.2. The van der Waals surface area contributed by atoms with Crippen LogP contribution >= 0.6 is 0 Å². The van der Waals surface area contributed by atoms with Crippen molar-refractivity contribution in [3.63, 3.8) is 0 Å². The first-order chi connectivity index (χ1) is 14.1. The lowest BCUT2D eigenvalue weighted by Crippen LogP contribution is -2.17. The fraction of sp³-hybridized carbons (Fsp3) is 0.227. The van der Waals surface area contributed by atoms with Gasteiger partial charge in [0.15, 0.2) is 0 Å². The molecule has 1 aromatic carbocycles. The van der Waals surface area contributed by atoms with Crippen LogP contribution in [0.4, 0.5) is 10.3 Å². The summed E-state index contributed by atoms with van der Waals surface area (Å²) >= 11 is 0. The molecule has 0 spiro atoms. The number of rotatable bonds is 7. The number of aromatic nitrogens is 4. The Kier molecular flexibility index (Phi) is 5.48. The molecular formula is C22H23FN6. The normalized spacial score (nSPS) is 11.3. The zero-order valence-corrected chi connectivity index (χ0v) is 16.5. The van der Waals surface area contributed by atoms with Gasteiger partial charge in [-0.15, -0.1) is 0 Å². The number of hydrogen-bond acceptors (Lipinski definition) is 5. The largest absolute Gasteiger partial charge is 0.354 e. The Bertz CT molecular complexity index is 1100. The first kappa shape index (κ1) is 19.0. The van der Waals surface area contributed by atoms with Gasteiger partial charge in [-0.2, -0.15) is 0 Å². The second kappa shape index (κ2) is 8.36. The van der Waals surface area contributed by atoms with Crippen molar-refractivity contribution < 1.29 is 4.39 Å². The van der Waals surface area contributed by atoms with E-state index in [0.29, 0.717) is 5.95 Å². The van der Waals surface area contributed by atoms with Gasteiger partial charge in [-0.25, -0.2) is 19.3 Å². The van der Waals surface area contributed by atoms with Crippen molar-refractivity contribution in [2.24, 2.45) is 0 Å². The molecule has 3 aromatic heterocycles. The van der Waals surface area contributed by atoms with Crippen molar-refractivity contribution in [3.8, 4) is 22.6 Å². The van der Waals surface area contributed by atoms with E-state index in [4.69, 9.17) is 9.97 Å². The molecular weight excluding hydrogens is 367 g/mol. The Morgan fingerprint density at radius 1 is 1.03 bits per heavy atom. The van der Waals surface area contributed by atoms with Crippen molar-refractivity contribution in [1.82, 2.24) is 24.3 Å². The van der Waals surface area contributed by atoms with Gasteiger partial charge in [0.25, 0.3) is 0 Å². The quantitative estimate of drug-likeness (QED) is 0.484. The summed E-state index contributed by atoms with van der Waals surface area (Å²) in [5, 5.41) is 3.29. The summed E-state index contributed by atoms with van der Waals surface area (Å²) in [6.45, 7) is 1.79. The molecule has 4 rings (SSSR count). The third kappa shape index (κ3) is 4.25. The number of benzene rings is 1. The first-order valence-corrected chi connectivity index (χ1v) is 9.57. The minimum absolute atomic E-state index is 0.273. The molecule has 0 radical (unpaired) electrons. The summed E-state index contributed by atoms with van der Waals surface area (Å²) in [5.74, 6) is 0.308. The topological polar surface area (TPSA) is 58.3 Å². The number of imidazole rings is 1. The van der Waals surface area contributed by atoms with Crippen LogP contribution in [0.15, 0.2) is 60.9 Å². The molecule has 0 atom stereocenters. The van der Waals surface area contributed by atoms with E-state index in [9.17, 15) is 4.39 Å². The van der Waals surface area contributed by atoms with Gasteiger partial charge < -0.3 is 10.2 Å². The molecule has 0 aliphatic rings. The number of hydrogen-bond donors (Lipinski definition) is 1. The predicted molar refractivity (Wildman–Crippen MR) is 113 cm³/mol. The van der Waals surface area contributed by atoms with Crippen molar-refractivity contribution in [2.45, 2.75) is 6.42 Å². The Morgan fingerprint density at radius 3 is 2.66 bits per heavy atom. The second-order valence-electron chi connectivity index (χ2n) is 7.09. The number of pyridine rings is 1. The lowest BCUT2D eigenvalue weighted by Gasteiger charge is -2.10. The van der Waals surface area contributed by atoms with Gasteiger partial charge in [0.05, 0.1) is 17.1 Å². The predicted octanol–water partition coefficient (Wildman–Crippen LogP) is 3.96. The van der Waals surface area contributed by atoms with Crippen LogP contribution in [-0.4, -0.2) is 51.4 Å². The third-order valence-electron chi connectivity index (χ3n) is 4.61. The van der Waals surface area contributed by atoms with Crippen LogP contribution < -0.4 is 5.32 Å². The van der Waals surface area contributed by atoms with E-state index in [1.54, 1.807) is 18.3 Å². The Morgan fingerprint density at radius 2 is 1.86 bits per heavy atom. The molecule has 6 nitrogen and oxygen atoms in total. The van der Waals surface area contributed by atoms with E-state index >= 15 is 0 Å². The summed E-state index contributed by atoms with van der Waals surface area (Å²) < 4.78 is 15.4. The van der Waals surface area contributed by atoms with Crippen LogP contribution in [0.25, 0.3) is 28.3 Å². The summed E-state index contributed by atoms with van der Waals surface area (Å²) in [4.78, 5) is 16.0. The molecule has 29 heavy (non-hydrogen) atoms. The van der Waals surface area contributed by atoms with Crippen LogP contribution in [0.2, 0.25) is 0 Å². The molecule has 4 aromatic rings. The highest BCUT2D eigenvalue weighted by Crippen LogP contribution is 2.32. The van der Waals surface area contributed by atoms with Crippen LogP contribution in [0.3, 0.4) is 0 Å². The SMILES string of the molecule is CN(C)CCCNc1nccc(-c2c(-c3ccc(F)cc3)nc3ccccn23)n1. The Labute approximate surface area is 169 Å². The maximum atomic E-state index is 13.4. The monoisotopic (exact) mass is 390 g/mol. The average Bonchev–Trinajstić information content (AvgIpc) is 3.11. The molecule has 0 saturated heterocycles. The van der Waals surface area contributed by atoms with E-state index in [0.717, 1.165) is 47.8 Å². The average molecular weight is 390 g/mol. The molecule has 148 valence electrons. The summed E-state index contributed by atoms with van der Waals surface area (Å²) in [7, 11) is 4.11. The van der Waals surface area contributed by atoms with Gasteiger partial charge in [-0.3, -0.25) is 4.40 Å². The van der Waals surface area contributed by atoms with Crippen LogP contribution in [-0.2, 0) is 0 Å². The van der Waals surface area contributed by atoms with Gasteiger partial charge >= 0.3 is 0 Å². The fourth-order valence-corrected chi connectivity index (χ4v) is 3.22. The van der Waals surface area contributed by atoms with Crippen molar-refractivity contribution in [2.75, 3.05) is 32.5 Å². The number of halogens is 1. The third-order valence-corrected chi connectivity index (χ3v) is 4.61. The Balaban J connectivity index is 1.72. The van der Waals surface area contributed by atoms with Gasteiger partial charge in [-0.1, -0.05) is 6.07 Å². The second-order valence-corrected chi connectivity index (χ2v) is 7.09. The molecule has 7 heteroatoms. The minimum atomic E-state index is -0.273. The highest BCUT2D eigenvalue weighted by molar-refractivity contribution is 5.80. The zero-order valence-electron chi connectivity index (χ0n) is 16.5. The highest BCUT2D eigenvalue weighted by Gasteiger charge is 2.17. The molecule has 0 unspecified atom stereocenters. The fourth-order valence-electron chi connectivity index (χ4n) is 3.22. The van der Waals surface area contributed by atoms with Gasteiger partial charge in [0.2, 0.25) is 5.95 Å². The van der Waals surface area contributed by atoms with Crippen LogP contribution in [0.1, 0.15) is 6.42 Å². The Hall–Kier alpha value is -3.32. The van der Waals surface area contributed by atoms with Crippen LogP contribution in [0, 0.1) is 5.82 Å². The molecule has 0 fully saturated rings. The molecule has 0 saturated carbocycles. The van der Waals surface area contributed by atoms with E-state index in [1.807, 2.05) is 34.9 Å². The maximum Gasteiger partial charge on any atom is 0.223 e. The first-order valence-electron chi connectivity index (χ1n) is 9.57. The van der Waals surface area contributed by atoms with Crippen LogP contribution in [0.5, 0.6) is 0 Å². The molecule has 0 aliphatic carbocycles. The molecule has 0 amide bonds. The minimum Gasteiger partial charge on any atom is -0.354 e. The number of nitrogens with one attached hydrogen (secondary N) is 1. The van der Waals surface area contributed by atoms with Crippen molar-refractivity contribution in [1.29, 1.82) is 0 Å². The van der Waals surface area contributed by atoms with E-state index in [-0.39, 0.29) is 5.82 Å².